The van der Waals surface area contributed by atoms with Crippen LogP contribution in [0.3, 0.4) is 0 Å². The molecule has 0 radical (unpaired) electrons. The third-order valence-corrected chi connectivity index (χ3v) is 5.89. The first kappa shape index (κ1) is 21.8. The summed E-state index contributed by atoms with van der Waals surface area (Å²) in [6, 6.07) is 17.1. The lowest BCUT2D eigenvalue weighted by atomic mass is 10.1. The van der Waals surface area contributed by atoms with Crippen molar-refractivity contribution in [1.82, 2.24) is 10.0 Å². The molecule has 0 aliphatic carbocycles. The number of furan rings is 1. The second-order valence-corrected chi connectivity index (χ2v) is 8.68. The van der Waals surface area contributed by atoms with E-state index >= 15 is 0 Å². The Morgan fingerprint density at radius 1 is 1.07 bits per heavy atom. The average molecular weight is 445 g/mol. The number of hydrogen-bond acceptors (Lipinski definition) is 4. The van der Waals surface area contributed by atoms with Crippen molar-refractivity contribution in [2.45, 2.75) is 17.9 Å². The molecule has 2 aromatic carbocycles. The molecule has 3 rings (SSSR count). The Hall–Kier alpha value is -2.87. The molecule has 2 N–H and O–H groups in total. The number of nitrogens with one attached hydrogen (secondary N) is 2. The molecule has 1 aromatic heterocycles. The number of rotatable bonds is 9. The van der Waals surface area contributed by atoms with Gasteiger partial charge in [0.05, 0.1) is 17.7 Å². The van der Waals surface area contributed by atoms with E-state index in [1.54, 1.807) is 36.4 Å². The zero-order valence-corrected chi connectivity index (χ0v) is 17.6. The van der Waals surface area contributed by atoms with E-state index < -0.39 is 10.0 Å². The van der Waals surface area contributed by atoms with Crippen LogP contribution in [0, 0.1) is 0 Å². The summed E-state index contributed by atoms with van der Waals surface area (Å²) < 4.78 is 32.2. The van der Waals surface area contributed by atoms with Crippen LogP contribution in [-0.4, -0.2) is 20.9 Å². The summed E-state index contributed by atoms with van der Waals surface area (Å²) in [4.78, 5) is 12.1. The van der Waals surface area contributed by atoms with Gasteiger partial charge in [-0.25, -0.2) is 13.1 Å². The Bertz CT molecular complexity index is 1110. The number of sulfonamides is 1. The largest absolute Gasteiger partial charge is 0.468 e. The van der Waals surface area contributed by atoms with Crippen LogP contribution in [0.1, 0.15) is 16.9 Å². The number of halogens is 1. The fraction of sp³-hybridized carbons (Fsp3) is 0.136. The summed E-state index contributed by atoms with van der Waals surface area (Å²) in [7, 11) is -3.65. The highest BCUT2D eigenvalue weighted by Gasteiger charge is 2.13. The fourth-order valence-electron chi connectivity index (χ4n) is 2.67. The number of carbonyl (C=O) groups excluding carboxylic acids is 1. The minimum absolute atomic E-state index is 0.0757. The minimum Gasteiger partial charge on any atom is -0.468 e. The SMILES string of the molecule is O=C(/C=C/c1ccc(S(=O)(=O)NCc2ccco2)cc1)NCCc1cccc(Cl)c1. The molecule has 6 nitrogen and oxygen atoms in total. The predicted molar refractivity (Wildman–Crippen MR) is 116 cm³/mol. The van der Waals surface area contributed by atoms with Crippen LogP contribution >= 0.6 is 11.6 Å². The number of amides is 1. The highest BCUT2D eigenvalue weighted by Crippen LogP contribution is 2.13. The number of hydrogen-bond donors (Lipinski definition) is 2. The maximum Gasteiger partial charge on any atom is 0.244 e. The van der Waals surface area contributed by atoms with Gasteiger partial charge in [-0.2, -0.15) is 0 Å². The lowest BCUT2D eigenvalue weighted by molar-refractivity contribution is -0.116. The quantitative estimate of drug-likeness (QED) is 0.491. The van der Waals surface area contributed by atoms with Gasteiger partial charge in [-0.1, -0.05) is 35.9 Å². The Labute approximate surface area is 180 Å². The van der Waals surface area contributed by atoms with Crippen LogP contribution in [0.2, 0.25) is 5.02 Å². The molecule has 30 heavy (non-hydrogen) atoms. The standard InChI is InChI=1S/C22H21ClN2O4S/c23-19-4-1-3-18(15-19)12-13-24-22(26)11-8-17-6-9-21(10-7-17)30(27,28)25-16-20-5-2-14-29-20/h1-11,14-15,25H,12-13,16H2,(H,24,26)/b11-8+. The molecule has 0 saturated carbocycles. The topological polar surface area (TPSA) is 88.4 Å². The first-order valence-electron chi connectivity index (χ1n) is 9.25. The Morgan fingerprint density at radius 3 is 2.57 bits per heavy atom. The third-order valence-electron chi connectivity index (χ3n) is 4.24. The van der Waals surface area contributed by atoms with Gasteiger partial charge in [0.15, 0.2) is 0 Å². The fourth-order valence-corrected chi connectivity index (χ4v) is 3.88. The summed E-state index contributed by atoms with van der Waals surface area (Å²) in [5.74, 6) is 0.299. The van der Waals surface area contributed by atoms with Crippen molar-refractivity contribution >= 4 is 33.6 Å². The lowest BCUT2D eigenvalue weighted by Crippen LogP contribution is -2.23. The second kappa shape index (κ2) is 10.2. The predicted octanol–water partition coefficient (Wildman–Crippen LogP) is 3.78. The summed E-state index contributed by atoms with van der Waals surface area (Å²) in [6.45, 7) is 0.564. The van der Waals surface area contributed by atoms with Gasteiger partial charge in [-0.05, 0) is 60.0 Å². The van der Waals surface area contributed by atoms with Crippen LogP contribution in [0.5, 0.6) is 0 Å². The smallest absolute Gasteiger partial charge is 0.244 e. The van der Waals surface area contributed by atoms with Gasteiger partial charge in [0, 0.05) is 17.6 Å². The summed E-state index contributed by atoms with van der Waals surface area (Å²) in [5.41, 5.74) is 1.76. The zero-order valence-electron chi connectivity index (χ0n) is 16.0. The van der Waals surface area contributed by atoms with Gasteiger partial charge in [0.25, 0.3) is 0 Å². The Morgan fingerprint density at radius 2 is 1.87 bits per heavy atom. The molecule has 0 unspecified atom stereocenters. The summed E-state index contributed by atoms with van der Waals surface area (Å²) >= 11 is 5.94. The van der Waals surface area contributed by atoms with E-state index in [0.29, 0.717) is 29.3 Å². The van der Waals surface area contributed by atoms with Crippen LogP contribution in [0.15, 0.2) is 82.3 Å². The summed E-state index contributed by atoms with van der Waals surface area (Å²) in [5, 5.41) is 3.47. The molecule has 0 aliphatic heterocycles. The highest BCUT2D eigenvalue weighted by molar-refractivity contribution is 7.89. The molecule has 8 heteroatoms. The van der Waals surface area contributed by atoms with Crippen LogP contribution in [0.25, 0.3) is 6.08 Å². The van der Waals surface area contributed by atoms with Crippen molar-refractivity contribution in [3.8, 4) is 0 Å². The number of benzene rings is 2. The van der Waals surface area contributed by atoms with Gasteiger partial charge in [0.1, 0.15) is 5.76 Å². The third kappa shape index (κ3) is 6.59. The monoisotopic (exact) mass is 444 g/mol. The van der Waals surface area contributed by atoms with Crippen LogP contribution < -0.4 is 10.0 Å². The maximum absolute atomic E-state index is 12.3. The molecule has 0 spiro atoms. The van der Waals surface area contributed by atoms with Crippen LogP contribution in [-0.2, 0) is 27.8 Å². The molecule has 1 amide bonds. The molecule has 0 saturated heterocycles. The summed E-state index contributed by atoms with van der Waals surface area (Å²) in [6.07, 6.45) is 5.20. The first-order valence-corrected chi connectivity index (χ1v) is 11.1. The van der Waals surface area contributed by atoms with Crippen molar-refractivity contribution < 1.29 is 17.6 Å². The molecule has 0 fully saturated rings. The Kier molecular flexibility index (Phi) is 7.46. The van der Waals surface area contributed by atoms with E-state index in [2.05, 4.69) is 10.0 Å². The minimum atomic E-state index is -3.65. The van der Waals surface area contributed by atoms with E-state index in [4.69, 9.17) is 16.0 Å². The van der Waals surface area contributed by atoms with E-state index in [9.17, 15) is 13.2 Å². The molecule has 3 aromatic rings. The van der Waals surface area contributed by atoms with E-state index in [0.717, 1.165) is 5.56 Å². The van der Waals surface area contributed by atoms with Crippen LogP contribution in [0.4, 0.5) is 0 Å². The van der Waals surface area contributed by atoms with E-state index in [1.165, 1.54) is 24.5 Å². The maximum atomic E-state index is 12.3. The van der Waals surface area contributed by atoms with Crippen molar-refractivity contribution in [3.63, 3.8) is 0 Å². The normalized spacial score (nSPS) is 11.6. The van der Waals surface area contributed by atoms with Crippen molar-refractivity contribution in [2.24, 2.45) is 0 Å². The van der Waals surface area contributed by atoms with Gasteiger partial charge in [-0.15, -0.1) is 0 Å². The molecule has 156 valence electrons. The van der Waals surface area contributed by atoms with Gasteiger partial charge < -0.3 is 9.73 Å². The first-order chi connectivity index (χ1) is 14.4. The molecule has 0 aliphatic rings. The van der Waals surface area contributed by atoms with Gasteiger partial charge in [0.2, 0.25) is 15.9 Å². The molecule has 0 bridgehead atoms. The molecule has 0 atom stereocenters. The highest BCUT2D eigenvalue weighted by atomic mass is 35.5. The molecule has 1 heterocycles. The molecular formula is C22H21ClN2O4S. The van der Waals surface area contributed by atoms with Crippen molar-refractivity contribution in [2.75, 3.05) is 6.54 Å². The average Bonchev–Trinajstić information content (AvgIpc) is 3.25. The van der Waals surface area contributed by atoms with E-state index in [-0.39, 0.29) is 17.3 Å². The van der Waals surface area contributed by atoms with Crippen molar-refractivity contribution in [1.29, 1.82) is 0 Å². The second-order valence-electron chi connectivity index (χ2n) is 6.48. The van der Waals surface area contributed by atoms with E-state index in [1.807, 2.05) is 18.2 Å². The lowest BCUT2D eigenvalue weighted by Gasteiger charge is -2.06. The Balaban J connectivity index is 1.49. The van der Waals surface area contributed by atoms with Gasteiger partial charge >= 0.3 is 0 Å². The zero-order chi connectivity index (χ0) is 21.4. The van der Waals surface area contributed by atoms with Crippen molar-refractivity contribution in [3.05, 3.63) is 94.9 Å². The number of carbonyl (C=O) groups is 1. The van der Waals surface area contributed by atoms with Gasteiger partial charge in [-0.3, -0.25) is 4.79 Å². The molecular weight excluding hydrogens is 424 g/mol.